The number of carboxylic acids is 3. The number of nitrogens with one attached hydrogen (secondary N) is 8. The molecule has 1 rings (SSSR count). The number of aliphatic carboxylic acids is 3. The molecule has 0 aliphatic rings. The summed E-state index contributed by atoms with van der Waals surface area (Å²) in [5.41, 5.74) is 11.9. The van der Waals surface area contributed by atoms with Gasteiger partial charge in [-0.15, -0.1) is 0 Å². The van der Waals surface area contributed by atoms with Crippen molar-refractivity contribution in [2.75, 3.05) is 19.8 Å². The Kier molecular flexibility index (Phi) is 29.7. The Labute approximate surface area is 434 Å². The van der Waals surface area contributed by atoms with Crippen LogP contribution in [0.1, 0.15) is 105 Å². The molecule has 0 fully saturated rings. The Morgan fingerprint density at radius 2 is 0.933 bits per heavy atom. The van der Waals surface area contributed by atoms with Crippen molar-refractivity contribution in [2.24, 2.45) is 29.2 Å². The second-order valence-corrected chi connectivity index (χ2v) is 19.1. The highest BCUT2D eigenvalue weighted by atomic mass is 16.4. The normalized spacial score (nSPS) is 15.2. The molecular weight excluding hydrogens is 989 g/mol. The van der Waals surface area contributed by atoms with Crippen LogP contribution in [0.25, 0.3) is 0 Å². The van der Waals surface area contributed by atoms with E-state index in [2.05, 4.69) is 42.5 Å². The average Bonchev–Trinajstić information content (AvgIpc) is 3.33. The first-order valence-electron chi connectivity index (χ1n) is 24.7. The Hall–Kier alpha value is -6.97. The molecule has 0 aliphatic heterocycles. The number of aliphatic hydroxyl groups excluding tert-OH is 2. The van der Waals surface area contributed by atoms with Crippen LogP contribution >= 0.6 is 0 Å². The van der Waals surface area contributed by atoms with Crippen LogP contribution in [0, 0.1) is 17.8 Å². The number of hydrogen-bond acceptors (Lipinski definition) is 16. The van der Waals surface area contributed by atoms with Gasteiger partial charge in [-0.05, 0) is 80.5 Å². The Morgan fingerprint density at radius 3 is 1.36 bits per heavy atom. The van der Waals surface area contributed by atoms with Crippen LogP contribution in [-0.4, -0.2) is 170 Å². The molecule has 0 saturated carbocycles. The van der Waals surface area contributed by atoms with Gasteiger partial charge in [-0.3, -0.25) is 47.9 Å². The summed E-state index contributed by atoms with van der Waals surface area (Å²) in [7, 11) is 0. The van der Waals surface area contributed by atoms with Gasteiger partial charge in [0, 0.05) is 12.8 Å². The number of unbranched alkanes of at least 4 members (excludes halogenated alkanes) is 1. The third-order valence-electron chi connectivity index (χ3n) is 11.7. The van der Waals surface area contributed by atoms with Gasteiger partial charge < -0.3 is 84.6 Å². The molecule has 27 nitrogen and oxygen atoms in total. The van der Waals surface area contributed by atoms with E-state index < -0.39 is 152 Å². The number of rotatable bonds is 36. The number of benzene rings is 1. The first kappa shape index (κ1) is 66.0. The summed E-state index contributed by atoms with van der Waals surface area (Å²) in [4.78, 5) is 143. The van der Waals surface area contributed by atoms with E-state index in [4.69, 9.17) is 16.6 Å². The van der Waals surface area contributed by atoms with Crippen molar-refractivity contribution in [3.05, 3.63) is 29.8 Å². The third kappa shape index (κ3) is 24.7. The number of nitrogens with two attached hydrogens (primary N) is 2. The summed E-state index contributed by atoms with van der Waals surface area (Å²) in [6.07, 6.45) is -1.08. The van der Waals surface area contributed by atoms with Crippen LogP contribution in [0.4, 0.5) is 0 Å². The summed E-state index contributed by atoms with van der Waals surface area (Å²) in [6, 6.07) is -8.28. The first-order chi connectivity index (χ1) is 35.2. The fourth-order valence-corrected chi connectivity index (χ4v) is 7.28. The first-order valence-corrected chi connectivity index (χ1v) is 24.7. The number of aliphatic hydroxyl groups is 2. The van der Waals surface area contributed by atoms with E-state index in [9.17, 15) is 78.3 Å². The van der Waals surface area contributed by atoms with Crippen molar-refractivity contribution < 1.29 is 83.4 Å². The van der Waals surface area contributed by atoms with Gasteiger partial charge in [0.15, 0.2) is 0 Å². The lowest BCUT2D eigenvalue weighted by Gasteiger charge is -2.28. The number of carboxylic acid groups (broad SMARTS) is 3. The molecule has 0 radical (unpaired) electrons. The van der Waals surface area contributed by atoms with E-state index in [0.29, 0.717) is 18.4 Å². The van der Waals surface area contributed by atoms with Gasteiger partial charge in [0.25, 0.3) is 0 Å². The Morgan fingerprint density at radius 1 is 0.520 bits per heavy atom. The van der Waals surface area contributed by atoms with Crippen molar-refractivity contribution in [3.8, 4) is 5.75 Å². The lowest BCUT2D eigenvalue weighted by Crippen LogP contribution is -2.61. The lowest BCUT2D eigenvalue weighted by atomic mass is 9.98. The van der Waals surface area contributed by atoms with Crippen LogP contribution < -0.4 is 54.0 Å². The number of hydrogen-bond donors (Lipinski definition) is 16. The molecule has 0 heterocycles. The molecule has 27 heteroatoms. The number of carbonyl (C=O) groups is 11. The van der Waals surface area contributed by atoms with Crippen LogP contribution in [0.5, 0.6) is 5.75 Å². The number of phenolic OH excluding ortho intramolecular Hbond substituents is 1. The minimum atomic E-state index is -1.90. The van der Waals surface area contributed by atoms with Crippen molar-refractivity contribution in [3.63, 3.8) is 0 Å². The maximum Gasteiger partial charge on any atom is 0.326 e. The van der Waals surface area contributed by atoms with E-state index in [-0.39, 0.29) is 62.7 Å². The smallest absolute Gasteiger partial charge is 0.326 e. The van der Waals surface area contributed by atoms with E-state index in [1.54, 1.807) is 41.5 Å². The Bertz CT molecular complexity index is 2090. The highest BCUT2D eigenvalue weighted by Gasteiger charge is 2.36. The van der Waals surface area contributed by atoms with Gasteiger partial charge in [-0.25, -0.2) is 4.79 Å². The zero-order chi connectivity index (χ0) is 57.1. The third-order valence-corrected chi connectivity index (χ3v) is 11.7. The largest absolute Gasteiger partial charge is 0.508 e. The second-order valence-electron chi connectivity index (χ2n) is 19.1. The number of aromatic hydroxyl groups is 1. The molecule has 0 spiro atoms. The van der Waals surface area contributed by atoms with Gasteiger partial charge in [0.1, 0.15) is 54.1 Å². The maximum atomic E-state index is 13.8. The van der Waals surface area contributed by atoms with Gasteiger partial charge in [0.2, 0.25) is 47.3 Å². The summed E-state index contributed by atoms with van der Waals surface area (Å²) in [5.74, 6) is -13.6. The zero-order valence-electron chi connectivity index (χ0n) is 43.3. The molecule has 0 aromatic heterocycles. The molecular formula is C48H78N10O17. The van der Waals surface area contributed by atoms with E-state index in [1.165, 1.54) is 24.3 Å². The van der Waals surface area contributed by atoms with E-state index in [0.717, 1.165) is 0 Å². The highest BCUT2D eigenvalue weighted by molar-refractivity contribution is 5.99. The van der Waals surface area contributed by atoms with Crippen LogP contribution in [0.15, 0.2) is 24.3 Å². The lowest BCUT2D eigenvalue weighted by molar-refractivity contribution is -0.144. The molecule has 0 aliphatic carbocycles. The van der Waals surface area contributed by atoms with E-state index in [1.807, 2.05) is 0 Å². The van der Waals surface area contributed by atoms with Crippen LogP contribution in [-0.2, 0) is 59.2 Å². The number of carbonyl (C=O) groups excluding carboxylic acids is 8. The molecule has 10 atom stereocenters. The molecule has 422 valence electrons. The number of phenols is 1. The monoisotopic (exact) mass is 1070 g/mol. The SMILES string of the molecule is CC[C@H](C)[C@H](NC(=O)[C@H](CCCCN)NC(=O)[C@H](CC(=O)O)NC(=O)[C@H](CO)NC(=O)[C@H](CC(C)C)NC(=O)[C@H](CO)NC(=O)[C@H](CC(C)C)NC(=O)[C@H](Cc1ccc(O)cc1)NC(=O)[C@@H](N)CCC(=O)O)C(=O)O. The van der Waals surface area contributed by atoms with Crippen molar-refractivity contribution in [1.82, 2.24) is 42.5 Å². The fraction of sp³-hybridized carbons (Fsp3) is 0.646. The topological polar surface area (TPSA) is 457 Å². The van der Waals surface area contributed by atoms with E-state index >= 15 is 0 Å². The highest BCUT2D eigenvalue weighted by Crippen LogP contribution is 2.15. The number of amides is 8. The molecule has 0 saturated heterocycles. The summed E-state index contributed by atoms with van der Waals surface area (Å²) in [6.45, 7) is 8.13. The summed E-state index contributed by atoms with van der Waals surface area (Å²) >= 11 is 0. The van der Waals surface area contributed by atoms with Gasteiger partial charge in [-0.1, -0.05) is 60.1 Å². The fourth-order valence-electron chi connectivity index (χ4n) is 7.28. The van der Waals surface area contributed by atoms with Crippen molar-refractivity contribution in [2.45, 2.75) is 160 Å². The van der Waals surface area contributed by atoms with Gasteiger partial charge >= 0.3 is 17.9 Å². The molecule has 0 bridgehead atoms. The zero-order valence-corrected chi connectivity index (χ0v) is 43.3. The molecule has 8 amide bonds. The second kappa shape index (κ2) is 33.8. The van der Waals surface area contributed by atoms with Crippen LogP contribution in [0.2, 0.25) is 0 Å². The minimum Gasteiger partial charge on any atom is -0.508 e. The quantitative estimate of drug-likeness (QED) is 0.0295. The molecule has 75 heavy (non-hydrogen) atoms. The molecule has 1 aromatic rings. The van der Waals surface area contributed by atoms with Gasteiger partial charge in [-0.2, -0.15) is 0 Å². The molecule has 18 N–H and O–H groups in total. The summed E-state index contributed by atoms with van der Waals surface area (Å²) < 4.78 is 0. The standard InChI is InChI=1S/C48H78N10O17/c1-7-26(6)39(48(74)75)58-41(67)30(10-8-9-17-49)51-45(71)34(21-38(64)65)55-47(73)36(23-60)57-43(69)32(19-25(4)5)54-46(72)35(22-59)56-42(68)31(18-24(2)3)53-44(70)33(20-27-11-13-28(61)14-12-27)52-40(66)29(50)15-16-37(62)63/h11-14,24-26,29-36,39,59-61H,7-10,15-23,49-50H2,1-6H3,(H,51,71)(H,52,66)(H,53,70)(H,54,72)(H,55,73)(H,56,68)(H,57,69)(H,58,67)(H,62,63)(H,64,65)(H,74,75)/t26-,29-,30-,31-,32-,33-,34-,35-,36-,39-/m0/s1. The van der Waals surface area contributed by atoms with Crippen molar-refractivity contribution in [1.29, 1.82) is 0 Å². The van der Waals surface area contributed by atoms with Crippen LogP contribution in [0.3, 0.4) is 0 Å². The predicted octanol–water partition coefficient (Wildman–Crippen LogP) is -3.18. The Balaban J connectivity index is 3.34. The van der Waals surface area contributed by atoms with Crippen molar-refractivity contribution >= 4 is 65.2 Å². The van der Waals surface area contributed by atoms with Gasteiger partial charge in [0.05, 0.1) is 25.7 Å². The average molecular weight is 1070 g/mol. The molecule has 0 unspecified atom stereocenters. The maximum absolute atomic E-state index is 13.8. The minimum absolute atomic E-state index is 0.0381. The predicted molar refractivity (Wildman–Crippen MR) is 267 cm³/mol. The summed E-state index contributed by atoms with van der Waals surface area (Å²) in [5, 5.41) is 77.6. The molecule has 1 aromatic carbocycles.